The Morgan fingerprint density at radius 1 is 1.00 bits per heavy atom. The number of hydrogen-bond acceptors (Lipinski definition) is 9. The fraction of sp³-hybridized carbons (Fsp3) is 0.100. The molecule has 8 nitrogen and oxygen atoms in total. The molecule has 30 heavy (non-hydrogen) atoms. The number of ether oxygens (including phenoxy) is 1. The lowest BCUT2D eigenvalue weighted by atomic mass is 10.3. The Morgan fingerprint density at radius 2 is 1.77 bits per heavy atom. The molecular formula is C20H15N5O3S2. The Bertz CT molecular complexity index is 1160. The predicted octanol–water partition coefficient (Wildman–Crippen LogP) is 4.10. The SMILES string of the molecule is CC(=O)N(c1ccccc1)c1nc(COC(=O)c2csc(-c3ncccn3)n2)cs1. The highest BCUT2D eigenvalue weighted by Crippen LogP contribution is 2.29. The van der Waals surface area contributed by atoms with Crippen LogP contribution in [0.4, 0.5) is 10.8 Å². The van der Waals surface area contributed by atoms with Crippen LogP contribution in [0, 0.1) is 0 Å². The van der Waals surface area contributed by atoms with E-state index in [1.807, 2.05) is 30.3 Å². The van der Waals surface area contributed by atoms with Crippen molar-refractivity contribution in [3.8, 4) is 10.8 Å². The molecule has 0 aliphatic rings. The number of nitrogens with zero attached hydrogens (tertiary/aromatic N) is 5. The van der Waals surface area contributed by atoms with Crippen molar-refractivity contribution >= 4 is 45.4 Å². The summed E-state index contributed by atoms with van der Waals surface area (Å²) in [6.07, 6.45) is 3.22. The average molecular weight is 438 g/mol. The molecule has 4 aromatic rings. The molecule has 1 amide bonds. The number of hydrogen-bond donors (Lipinski definition) is 0. The molecule has 3 aromatic heterocycles. The predicted molar refractivity (Wildman–Crippen MR) is 114 cm³/mol. The second-order valence-electron chi connectivity index (χ2n) is 6.00. The lowest BCUT2D eigenvalue weighted by Gasteiger charge is -2.17. The van der Waals surface area contributed by atoms with Gasteiger partial charge in [-0.3, -0.25) is 9.69 Å². The molecule has 10 heteroatoms. The number of para-hydroxylation sites is 1. The van der Waals surface area contributed by atoms with E-state index in [2.05, 4.69) is 19.9 Å². The molecule has 0 saturated heterocycles. The van der Waals surface area contributed by atoms with Crippen molar-refractivity contribution in [2.24, 2.45) is 0 Å². The van der Waals surface area contributed by atoms with Crippen molar-refractivity contribution in [2.75, 3.05) is 4.90 Å². The second-order valence-corrected chi connectivity index (χ2v) is 7.69. The summed E-state index contributed by atoms with van der Waals surface area (Å²) in [6.45, 7) is 1.45. The van der Waals surface area contributed by atoms with Crippen LogP contribution in [0.15, 0.2) is 59.6 Å². The number of thiazole rings is 2. The Balaban J connectivity index is 1.43. The minimum Gasteiger partial charge on any atom is -0.454 e. The number of anilines is 2. The molecule has 0 spiro atoms. The van der Waals surface area contributed by atoms with Gasteiger partial charge in [0.15, 0.2) is 21.7 Å². The first kappa shape index (κ1) is 19.8. The molecule has 150 valence electrons. The van der Waals surface area contributed by atoms with E-state index < -0.39 is 5.97 Å². The van der Waals surface area contributed by atoms with Gasteiger partial charge >= 0.3 is 5.97 Å². The van der Waals surface area contributed by atoms with Gasteiger partial charge in [0.05, 0.1) is 11.4 Å². The van der Waals surface area contributed by atoms with E-state index in [0.29, 0.717) is 21.7 Å². The molecule has 4 rings (SSSR count). The maximum Gasteiger partial charge on any atom is 0.358 e. The maximum atomic E-state index is 12.3. The maximum absolute atomic E-state index is 12.3. The molecule has 0 atom stereocenters. The van der Waals surface area contributed by atoms with Gasteiger partial charge in [-0.15, -0.1) is 22.7 Å². The van der Waals surface area contributed by atoms with E-state index in [0.717, 1.165) is 5.69 Å². The molecule has 0 fully saturated rings. The van der Waals surface area contributed by atoms with Crippen LogP contribution < -0.4 is 4.90 Å². The average Bonchev–Trinajstić information content (AvgIpc) is 3.44. The first-order chi connectivity index (χ1) is 14.6. The zero-order valence-corrected chi connectivity index (χ0v) is 17.4. The number of benzene rings is 1. The van der Waals surface area contributed by atoms with Crippen molar-refractivity contribution in [3.63, 3.8) is 0 Å². The number of carbonyl (C=O) groups excluding carboxylic acids is 2. The molecule has 3 heterocycles. The third-order valence-corrected chi connectivity index (χ3v) is 5.59. The van der Waals surface area contributed by atoms with Crippen LogP contribution in [0.25, 0.3) is 10.8 Å². The van der Waals surface area contributed by atoms with E-state index in [4.69, 9.17) is 4.74 Å². The van der Waals surface area contributed by atoms with Gasteiger partial charge in [0.1, 0.15) is 6.61 Å². The zero-order chi connectivity index (χ0) is 20.9. The van der Waals surface area contributed by atoms with Crippen LogP contribution in [0.3, 0.4) is 0 Å². The summed E-state index contributed by atoms with van der Waals surface area (Å²) in [5.74, 6) is -0.261. The zero-order valence-electron chi connectivity index (χ0n) is 15.8. The van der Waals surface area contributed by atoms with Crippen LogP contribution in [-0.4, -0.2) is 31.8 Å². The molecular weight excluding hydrogens is 422 g/mol. The third kappa shape index (κ3) is 4.39. The summed E-state index contributed by atoms with van der Waals surface area (Å²) in [5, 5.41) is 4.41. The molecule has 0 radical (unpaired) electrons. The minimum atomic E-state index is -0.561. The molecule has 0 N–H and O–H groups in total. The molecule has 0 saturated carbocycles. The van der Waals surface area contributed by atoms with Crippen LogP contribution in [0.2, 0.25) is 0 Å². The second kappa shape index (κ2) is 8.89. The fourth-order valence-electron chi connectivity index (χ4n) is 2.56. The van der Waals surface area contributed by atoms with Gasteiger partial charge in [-0.25, -0.2) is 24.7 Å². The standard InChI is InChI=1S/C20H15N5O3S2/c1-13(26)25(15-6-3-2-4-7-15)20-23-14(11-30-20)10-28-19(27)16-12-29-18(24-16)17-21-8-5-9-22-17/h2-9,11-12H,10H2,1H3. The van der Waals surface area contributed by atoms with Crippen LogP contribution in [0.5, 0.6) is 0 Å². The van der Waals surface area contributed by atoms with Gasteiger partial charge in [0, 0.05) is 30.1 Å². The van der Waals surface area contributed by atoms with Crippen molar-refractivity contribution in [1.82, 2.24) is 19.9 Å². The number of amides is 1. The van der Waals surface area contributed by atoms with E-state index in [1.54, 1.807) is 29.2 Å². The van der Waals surface area contributed by atoms with Crippen molar-refractivity contribution in [3.05, 3.63) is 70.9 Å². The first-order valence-electron chi connectivity index (χ1n) is 8.82. The van der Waals surface area contributed by atoms with E-state index in [9.17, 15) is 9.59 Å². The van der Waals surface area contributed by atoms with E-state index >= 15 is 0 Å². The van der Waals surface area contributed by atoms with E-state index in [1.165, 1.54) is 34.5 Å². The molecule has 0 aliphatic carbocycles. The van der Waals surface area contributed by atoms with Crippen molar-refractivity contribution in [2.45, 2.75) is 13.5 Å². The first-order valence-corrected chi connectivity index (χ1v) is 10.6. The number of rotatable bonds is 6. The monoisotopic (exact) mass is 437 g/mol. The van der Waals surface area contributed by atoms with Gasteiger partial charge < -0.3 is 4.74 Å². The van der Waals surface area contributed by atoms with Gasteiger partial charge in [0.2, 0.25) is 5.91 Å². The molecule has 0 bridgehead atoms. The molecule has 0 unspecified atom stereocenters. The number of aromatic nitrogens is 4. The highest BCUT2D eigenvalue weighted by Gasteiger charge is 2.19. The highest BCUT2D eigenvalue weighted by molar-refractivity contribution is 7.14. The smallest absolute Gasteiger partial charge is 0.358 e. The fourth-order valence-corrected chi connectivity index (χ4v) is 4.17. The summed E-state index contributed by atoms with van der Waals surface area (Å²) in [5.41, 5.74) is 1.46. The molecule has 0 aliphatic heterocycles. The highest BCUT2D eigenvalue weighted by atomic mass is 32.1. The van der Waals surface area contributed by atoms with Crippen LogP contribution in [0.1, 0.15) is 23.1 Å². The lowest BCUT2D eigenvalue weighted by molar-refractivity contribution is -0.115. The Labute approximate surface area is 179 Å². The van der Waals surface area contributed by atoms with E-state index in [-0.39, 0.29) is 18.2 Å². The summed E-state index contributed by atoms with van der Waals surface area (Å²) >= 11 is 2.57. The normalized spacial score (nSPS) is 10.6. The Kier molecular flexibility index (Phi) is 5.87. The van der Waals surface area contributed by atoms with Gasteiger partial charge in [-0.05, 0) is 18.2 Å². The summed E-state index contributed by atoms with van der Waals surface area (Å²) < 4.78 is 5.33. The van der Waals surface area contributed by atoms with Gasteiger partial charge in [-0.1, -0.05) is 18.2 Å². The number of esters is 1. The van der Waals surface area contributed by atoms with Crippen LogP contribution >= 0.6 is 22.7 Å². The van der Waals surface area contributed by atoms with Crippen molar-refractivity contribution in [1.29, 1.82) is 0 Å². The summed E-state index contributed by atoms with van der Waals surface area (Å²) in [4.78, 5) is 42.9. The largest absolute Gasteiger partial charge is 0.454 e. The number of carbonyl (C=O) groups is 2. The summed E-state index contributed by atoms with van der Waals surface area (Å²) in [7, 11) is 0. The Hall–Kier alpha value is -3.50. The molecule has 1 aromatic carbocycles. The summed E-state index contributed by atoms with van der Waals surface area (Å²) in [6, 6.07) is 11.0. The quantitative estimate of drug-likeness (QED) is 0.419. The topological polar surface area (TPSA) is 98.2 Å². The Morgan fingerprint density at radius 3 is 2.50 bits per heavy atom. The van der Waals surface area contributed by atoms with Crippen molar-refractivity contribution < 1.29 is 14.3 Å². The minimum absolute atomic E-state index is 0.0232. The third-order valence-electron chi connectivity index (χ3n) is 3.88. The van der Waals surface area contributed by atoms with Gasteiger partial charge in [0.25, 0.3) is 0 Å². The van der Waals surface area contributed by atoms with Gasteiger partial charge in [-0.2, -0.15) is 0 Å². The van der Waals surface area contributed by atoms with Crippen LogP contribution in [-0.2, 0) is 16.1 Å². The lowest BCUT2D eigenvalue weighted by Crippen LogP contribution is -2.22.